The summed E-state index contributed by atoms with van der Waals surface area (Å²) in [5.41, 5.74) is 1.57. The third-order valence-electron chi connectivity index (χ3n) is 6.07. The Kier molecular flexibility index (Phi) is 8.48. The van der Waals surface area contributed by atoms with Gasteiger partial charge in [-0.15, -0.1) is 0 Å². The number of anilines is 2. The number of aryl methyl sites for hydroxylation is 2. The number of carbonyl (C=O) groups is 1. The minimum Gasteiger partial charge on any atom is -0.454 e. The van der Waals surface area contributed by atoms with Gasteiger partial charge in [-0.2, -0.15) is 14.6 Å². The molecule has 2 N–H and O–H groups in total. The fourth-order valence-electron chi connectivity index (χ4n) is 3.85. The van der Waals surface area contributed by atoms with Crippen LogP contribution in [0.4, 0.5) is 25.1 Å². The zero-order valence-electron chi connectivity index (χ0n) is 23.5. The van der Waals surface area contributed by atoms with Gasteiger partial charge in [0.25, 0.3) is 0 Å². The van der Waals surface area contributed by atoms with Crippen LogP contribution in [0.3, 0.4) is 0 Å². The second-order valence-corrected chi connectivity index (χ2v) is 10.7. The van der Waals surface area contributed by atoms with Crippen LogP contribution in [0.5, 0.6) is 11.5 Å². The highest BCUT2D eigenvalue weighted by Gasteiger charge is 2.21. The molecule has 1 aromatic carbocycles. The molecular weight excluding hydrogens is 518 g/mol. The van der Waals surface area contributed by atoms with Crippen molar-refractivity contribution in [2.75, 3.05) is 31.3 Å². The highest BCUT2D eigenvalue weighted by atomic mass is 19.2. The quantitative estimate of drug-likeness (QED) is 0.279. The van der Waals surface area contributed by atoms with E-state index in [2.05, 4.69) is 30.7 Å². The van der Waals surface area contributed by atoms with Gasteiger partial charge < -0.3 is 15.0 Å². The molecule has 0 aliphatic carbocycles. The lowest BCUT2D eigenvalue weighted by Crippen LogP contribution is -2.22. The first-order valence-corrected chi connectivity index (χ1v) is 12.8. The van der Waals surface area contributed by atoms with Crippen molar-refractivity contribution in [3.05, 3.63) is 66.3 Å². The molecule has 0 saturated carbocycles. The number of carbonyl (C=O) groups excluding carboxylic acids is 1. The first-order chi connectivity index (χ1) is 18.9. The van der Waals surface area contributed by atoms with Gasteiger partial charge in [-0.3, -0.25) is 19.7 Å². The molecule has 40 heavy (non-hydrogen) atoms. The van der Waals surface area contributed by atoms with E-state index in [0.717, 1.165) is 30.8 Å². The second kappa shape index (κ2) is 11.8. The Balaban J connectivity index is 1.42. The van der Waals surface area contributed by atoms with Crippen molar-refractivity contribution in [3.8, 4) is 22.8 Å². The molecule has 2 amide bonds. The average Bonchev–Trinajstić information content (AvgIpc) is 3.51. The molecule has 0 fully saturated rings. The van der Waals surface area contributed by atoms with E-state index >= 15 is 0 Å². The number of hydrogen-bond acceptors (Lipinski definition) is 6. The number of pyridine rings is 1. The van der Waals surface area contributed by atoms with Crippen molar-refractivity contribution >= 4 is 17.5 Å². The van der Waals surface area contributed by atoms with Gasteiger partial charge in [-0.1, -0.05) is 20.8 Å². The molecule has 4 aromatic rings. The van der Waals surface area contributed by atoms with Crippen molar-refractivity contribution < 1.29 is 18.3 Å². The minimum atomic E-state index is -1.25. The Morgan fingerprint density at radius 1 is 1.10 bits per heavy atom. The number of benzene rings is 1. The summed E-state index contributed by atoms with van der Waals surface area (Å²) < 4.78 is 38.7. The number of rotatable bonds is 9. The normalized spacial score (nSPS) is 11.6. The van der Waals surface area contributed by atoms with Crippen molar-refractivity contribution in [2.45, 2.75) is 39.2 Å². The largest absolute Gasteiger partial charge is 0.454 e. The van der Waals surface area contributed by atoms with Crippen LogP contribution < -0.4 is 15.4 Å². The monoisotopic (exact) mass is 552 g/mol. The maximum absolute atomic E-state index is 14.9. The Morgan fingerprint density at radius 2 is 1.88 bits per heavy atom. The molecule has 3 heterocycles. The standard InChI is InChI=1S/C28H34F2N8O2/c1-28(2,3)23-15-24(37(6)35-23)34-27(39)33-20-8-9-22(26(30)25(20)29)40-19-10-11-31-21(14-19)18-16-32-38(17-18)13-7-12-36(4)5/h8-11,14-17H,7,12-13H2,1-6H3,(H2,33,34,39). The number of nitrogens with one attached hydrogen (secondary N) is 2. The molecule has 12 heteroatoms. The van der Waals surface area contributed by atoms with Gasteiger partial charge in [0, 0.05) is 49.1 Å². The van der Waals surface area contributed by atoms with Crippen LogP contribution in [0.1, 0.15) is 32.9 Å². The van der Waals surface area contributed by atoms with E-state index < -0.39 is 17.7 Å². The van der Waals surface area contributed by atoms with Crippen LogP contribution in [0, 0.1) is 11.6 Å². The van der Waals surface area contributed by atoms with Gasteiger partial charge in [0.1, 0.15) is 11.6 Å². The molecule has 3 aromatic heterocycles. The molecule has 0 radical (unpaired) electrons. The van der Waals surface area contributed by atoms with Gasteiger partial charge in [-0.05, 0) is 45.3 Å². The molecule has 10 nitrogen and oxygen atoms in total. The second-order valence-electron chi connectivity index (χ2n) is 10.7. The molecule has 0 aliphatic rings. The van der Waals surface area contributed by atoms with Crippen LogP contribution in [0.15, 0.2) is 48.9 Å². The van der Waals surface area contributed by atoms with E-state index in [-0.39, 0.29) is 22.6 Å². The van der Waals surface area contributed by atoms with E-state index in [0.29, 0.717) is 11.5 Å². The predicted molar refractivity (Wildman–Crippen MR) is 150 cm³/mol. The fourth-order valence-corrected chi connectivity index (χ4v) is 3.85. The molecule has 212 valence electrons. The van der Waals surface area contributed by atoms with Crippen molar-refractivity contribution in [2.24, 2.45) is 7.05 Å². The van der Waals surface area contributed by atoms with E-state index in [1.165, 1.54) is 23.0 Å². The fraction of sp³-hybridized carbons (Fsp3) is 0.357. The van der Waals surface area contributed by atoms with E-state index in [9.17, 15) is 13.6 Å². The van der Waals surface area contributed by atoms with Crippen molar-refractivity contribution in [3.63, 3.8) is 0 Å². The maximum Gasteiger partial charge on any atom is 0.324 e. The van der Waals surface area contributed by atoms with Gasteiger partial charge in [-0.25, -0.2) is 9.18 Å². The highest BCUT2D eigenvalue weighted by Crippen LogP contribution is 2.31. The van der Waals surface area contributed by atoms with Gasteiger partial charge in [0.15, 0.2) is 11.6 Å². The zero-order chi connectivity index (χ0) is 29.0. The SMILES string of the molecule is CN(C)CCCn1cc(-c2cc(Oc3ccc(NC(=O)Nc4cc(C(C)(C)C)nn4C)c(F)c3F)ccn2)cn1. The number of nitrogens with zero attached hydrogens (tertiary/aromatic N) is 6. The summed E-state index contributed by atoms with van der Waals surface area (Å²) in [5, 5.41) is 13.7. The number of halogens is 2. The molecular formula is C28H34F2N8O2. The highest BCUT2D eigenvalue weighted by molar-refractivity contribution is 5.99. The van der Waals surface area contributed by atoms with Gasteiger partial charge in [0.2, 0.25) is 5.82 Å². The summed E-state index contributed by atoms with van der Waals surface area (Å²) in [4.78, 5) is 18.9. The third-order valence-corrected chi connectivity index (χ3v) is 6.07. The van der Waals surface area contributed by atoms with Crippen LogP contribution in [0.25, 0.3) is 11.3 Å². The summed E-state index contributed by atoms with van der Waals surface area (Å²) in [7, 11) is 5.72. The number of amides is 2. The first-order valence-electron chi connectivity index (χ1n) is 12.8. The Labute approximate surface area is 232 Å². The predicted octanol–water partition coefficient (Wildman–Crippen LogP) is 5.64. The first kappa shape index (κ1) is 28.7. The molecule has 0 spiro atoms. The van der Waals surface area contributed by atoms with E-state index in [1.807, 2.05) is 45.7 Å². The maximum atomic E-state index is 14.9. The summed E-state index contributed by atoms with van der Waals surface area (Å²) in [6.45, 7) is 7.69. The Morgan fingerprint density at radius 3 is 2.58 bits per heavy atom. The summed E-state index contributed by atoms with van der Waals surface area (Å²) >= 11 is 0. The van der Waals surface area contributed by atoms with E-state index in [4.69, 9.17) is 4.74 Å². The van der Waals surface area contributed by atoms with Crippen LogP contribution in [-0.2, 0) is 19.0 Å². The van der Waals surface area contributed by atoms with Crippen LogP contribution >= 0.6 is 0 Å². The molecule has 4 rings (SSSR count). The Hall–Kier alpha value is -4.32. The summed E-state index contributed by atoms with van der Waals surface area (Å²) in [6.07, 6.45) is 6.04. The average molecular weight is 553 g/mol. The van der Waals surface area contributed by atoms with Crippen molar-refractivity contribution in [1.29, 1.82) is 0 Å². The van der Waals surface area contributed by atoms with Crippen LogP contribution in [0.2, 0.25) is 0 Å². The van der Waals surface area contributed by atoms with E-state index in [1.54, 1.807) is 31.4 Å². The molecule has 0 aliphatic heterocycles. The molecule has 0 atom stereocenters. The lowest BCUT2D eigenvalue weighted by molar-refractivity contribution is 0.262. The smallest absolute Gasteiger partial charge is 0.324 e. The van der Waals surface area contributed by atoms with Crippen molar-refractivity contribution in [1.82, 2.24) is 29.4 Å². The number of aromatic nitrogens is 5. The number of urea groups is 1. The molecule has 0 bridgehead atoms. The topological polar surface area (TPSA) is 102 Å². The lowest BCUT2D eigenvalue weighted by atomic mass is 9.92. The summed E-state index contributed by atoms with van der Waals surface area (Å²) in [5.74, 6) is -2.13. The van der Waals surface area contributed by atoms with Gasteiger partial charge in [0.05, 0.1) is 23.3 Å². The number of hydrogen-bond donors (Lipinski definition) is 2. The molecule has 0 saturated heterocycles. The lowest BCUT2D eigenvalue weighted by Gasteiger charge is -2.13. The van der Waals surface area contributed by atoms with Gasteiger partial charge >= 0.3 is 6.03 Å². The van der Waals surface area contributed by atoms with Crippen LogP contribution in [-0.4, -0.2) is 56.1 Å². The number of ether oxygens (including phenoxy) is 1. The molecule has 0 unspecified atom stereocenters. The summed E-state index contributed by atoms with van der Waals surface area (Å²) in [6, 6.07) is 6.64. The minimum absolute atomic E-state index is 0.220. The zero-order valence-corrected chi connectivity index (χ0v) is 23.5. The Bertz CT molecular complexity index is 1490. The third kappa shape index (κ3) is 7.00.